The minimum absolute atomic E-state index is 0.215. The molecular weight excluding hydrogens is 218 g/mol. The van der Waals surface area contributed by atoms with Gasteiger partial charge in [0.25, 0.3) is 0 Å². The summed E-state index contributed by atoms with van der Waals surface area (Å²) in [5, 5.41) is 2.36. The van der Waals surface area contributed by atoms with Crippen LogP contribution in [-0.4, -0.2) is 37.2 Å². The maximum Gasteiger partial charge on any atom is 0.241 e. The van der Waals surface area contributed by atoms with Crippen molar-refractivity contribution in [3.05, 3.63) is 0 Å². The highest BCUT2D eigenvalue weighted by atomic mass is 32.2. The molecule has 6 heteroatoms. The molecule has 5 nitrogen and oxygen atoms in total. The minimum atomic E-state index is -3.50. The topological polar surface area (TPSA) is 80.3 Å². The molecule has 0 radical (unpaired) electrons. The number of carbonyl (C=O) groups excluding carboxylic acids is 2. The molecule has 88 valence electrons. The fourth-order valence-electron chi connectivity index (χ4n) is 0.640. The van der Waals surface area contributed by atoms with Crippen LogP contribution < -0.4 is 5.32 Å². The first kappa shape index (κ1) is 14.1. The average molecular weight is 235 g/mol. The molecular formula is C9H17NO4S. The predicted octanol–water partition coefficient (Wildman–Crippen LogP) is -0.0967. The largest absolute Gasteiger partial charge is 0.345 e. The van der Waals surface area contributed by atoms with Crippen molar-refractivity contribution in [1.29, 1.82) is 0 Å². The second-order valence-electron chi connectivity index (χ2n) is 4.09. The number of rotatable bonds is 4. The van der Waals surface area contributed by atoms with Crippen molar-refractivity contribution in [2.75, 3.05) is 6.26 Å². The molecule has 1 amide bonds. The van der Waals surface area contributed by atoms with E-state index in [1.165, 1.54) is 27.7 Å². The van der Waals surface area contributed by atoms with Gasteiger partial charge in [0.15, 0.2) is 15.6 Å². The zero-order valence-electron chi connectivity index (χ0n) is 9.62. The van der Waals surface area contributed by atoms with Gasteiger partial charge in [-0.1, -0.05) is 0 Å². The van der Waals surface area contributed by atoms with E-state index in [9.17, 15) is 18.0 Å². The molecule has 0 heterocycles. The molecule has 0 rings (SSSR count). The van der Waals surface area contributed by atoms with Crippen molar-refractivity contribution in [2.24, 2.45) is 0 Å². The Kier molecular flexibility index (Phi) is 4.04. The second kappa shape index (κ2) is 4.30. The van der Waals surface area contributed by atoms with Crippen LogP contribution in [0.3, 0.4) is 0 Å². The molecule has 0 saturated heterocycles. The van der Waals surface area contributed by atoms with Gasteiger partial charge in [0.2, 0.25) is 5.91 Å². The Morgan fingerprint density at radius 1 is 1.27 bits per heavy atom. The average Bonchev–Trinajstić information content (AvgIpc) is 2.01. The Hall–Kier alpha value is -0.910. The van der Waals surface area contributed by atoms with Crippen LogP contribution in [0.1, 0.15) is 27.7 Å². The van der Waals surface area contributed by atoms with Gasteiger partial charge >= 0.3 is 0 Å². The van der Waals surface area contributed by atoms with Gasteiger partial charge in [0.1, 0.15) is 4.75 Å². The zero-order valence-corrected chi connectivity index (χ0v) is 10.4. The Morgan fingerprint density at radius 3 is 1.93 bits per heavy atom. The molecule has 0 aromatic rings. The van der Waals surface area contributed by atoms with Gasteiger partial charge in [-0.2, -0.15) is 0 Å². The summed E-state index contributed by atoms with van der Waals surface area (Å²) in [6.07, 6.45) is 0.991. The van der Waals surface area contributed by atoms with Gasteiger partial charge in [-0.3, -0.25) is 9.59 Å². The van der Waals surface area contributed by atoms with E-state index in [1.807, 2.05) is 0 Å². The van der Waals surface area contributed by atoms with Crippen LogP contribution in [-0.2, 0) is 19.4 Å². The molecule has 1 unspecified atom stereocenters. The first-order valence-corrected chi connectivity index (χ1v) is 6.40. The summed E-state index contributed by atoms with van der Waals surface area (Å²) in [5.74, 6) is -0.875. The van der Waals surface area contributed by atoms with E-state index >= 15 is 0 Å². The number of hydrogen-bond acceptors (Lipinski definition) is 4. The van der Waals surface area contributed by atoms with Crippen LogP contribution in [0, 0.1) is 0 Å². The lowest BCUT2D eigenvalue weighted by molar-refractivity contribution is -0.127. The summed E-state index contributed by atoms with van der Waals surface area (Å²) in [7, 11) is -3.50. The smallest absolute Gasteiger partial charge is 0.241 e. The fraction of sp³-hybridized carbons (Fsp3) is 0.778. The van der Waals surface area contributed by atoms with Crippen LogP contribution in [0.4, 0.5) is 0 Å². The van der Waals surface area contributed by atoms with E-state index in [0.29, 0.717) is 0 Å². The lowest BCUT2D eigenvalue weighted by atomic mass is 10.1. The highest BCUT2D eigenvalue weighted by molar-refractivity contribution is 7.92. The molecule has 0 saturated carbocycles. The second-order valence-corrected chi connectivity index (χ2v) is 6.65. The first-order valence-electron chi connectivity index (χ1n) is 4.51. The van der Waals surface area contributed by atoms with Gasteiger partial charge in [0, 0.05) is 6.26 Å². The lowest BCUT2D eigenvalue weighted by Gasteiger charge is -2.23. The molecule has 0 bridgehead atoms. The van der Waals surface area contributed by atoms with Crippen molar-refractivity contribution in [3.63, 3.8) is 0 Å². The number of nitrogens with one attached hydrogen (secondary N) is 1. The monoisotopic (exact) mass is 235 g/mol. The summed E-state index contributed by atoms with van der Waals surface area (Å²) in [6.45, 7) is 5.46. The highest BCUT2D eigenvalue weighted by Crippen LogP contribution is 2.15. The Balaban J connectivity index is 4.82. The fourth-order valence-corrected chi connectivity index (χ4v) is 1.04. The Labute approximate surface area is 90.2 Å². The molecule has 0 fully saturated rings. The van der Waals surface area contributed by atoms with Gasteiger partial charge in [-0.25, -0.2) is 8.42 Å². The van der Waals surface area contributed by atoms with E-state index in [-0.39, 0.29) is 5.78 Å². The molecule has 1 atom stereocenters. The third-order valence-electron chi connectivity index (χ3n) is 2.43. The van der Waals surface area contributed by atoms with Gasteiger partial charge in [-0.15, -0.1) is 0 Å². The molecule has 1 N–H and O–H groups in total. The van der Waals surface area contributed by atoms with Crippen LogP contribution in [0.5, 0.6) is 0 Å². The summed E-state index contributed by atoms with van der Waals surface area (Å²) in [5.41, 5.74) is 0. The third kappa shape index (κ3) is 3.30. The number of amides is 1. The molecule has 15 heavy (non-hydrogen) atoms. The molecule has 0 aliphatic heterocycles. The number of Topliss-reactive ketones (excluding diaryl/α,β-unsaturated/α-hetero) is 1. The highest BCUT2D eigenvalue weighted by Gasteiger charge is 2.39. The standard InChI is InChI=1S/C9H17NO4S/c1-6(7(2)11)10-8(12)9(3,4)15(5,13)14/h6H,1-5H3,(H,10,12). The Bertz CT molecular complexity index is 370. The number of hydrogen-bond donors (Lipinski definition) is 1. The summed E-state index contributed by atoms with van der Waals surface area (Å²) >= 11 is 0. The summed E-state index contributed by atoms with van der Waals surface area (Å²) in [4.78, 5) is 22.5. The van der Waals surface area contributed by atoms with Crippen molar-refractivity contribution in [1.82, 2.24) is 5.32 Å². The number of ketones is 1. The quantitative estimate of drug-likeness (QED) is 0.738. The SMILES string of the molecule is CC(=O)C(C)NC(=O)C(C)(C)S(C)(=O)=O. The van der Waals surface area contributed by atoms with Crippen molar-refractivity contribution < 1.29 is 18.0 Å². The van der Waals surface area contributed by atoms with Gasteiger partial charge in [0.05, 0.1) is 6.04 Å². The Morgan fingerprint density at radius 2 is 1.67 bits per heavy atom. The molecule has 0 aliphatic carbocycles. The summed E-state index contributed by atoms with van der Waals surface area (Å²) in [6, 6.07) is -0.668. The van der Waals surface area contributed by atoms with Crippen molar-refractivity contribution >= 4 is 21.5 Å². The van der Waals surface area contributed by atoms with Crippen LogP contribution >= 0.6 is 0 Å². The zero-order chi connectivity index (χ0) is 12.4. The van der Waals surface area contributed by atoms with E-state index in [1.54, 1.807) is 0 Å². The maximum atomic E-state index is 11.6. The minimum Gasteiger partial charge on any atom is -0.345 e. The predicted molar refractivity (Wildman–Crippen MR) is 57.2 cm³/mol. The molecule has 0 aromatic heterocycles. The molecule has 0 spiro atoms. The first-order chi connectivity index (χ1) is 6.50. The van der Waals surface area contributed by atoms with Crippen molar-refractivity contribution in [3.8, 4) is 0 Å². The van der Waals surface area contributed by atoms with E-state index in [0.717, 1.165) is 6.26 Å². The van der Waals surface area contributed by atoms with Gasteiger partial charge < -0.3 is 5.32 Å². The van der Waals surface area contributed by atoms with E-state index in [4.69, 9.17) is 0 Å². The number of sulfone groups is 1. The number of carbonyl (C=O) groups is 2. The van der Waals surface area contributed by atoms with Crippen LogP contribution in [0.2, 0.25) is 0 Å². The molecule has 0 aromatic carbocycles. The van der Waals surface area contributed by atoms with E-state index < -0.39 is 26.5 Å². The van der Waals surface area contributed by atoms with Gasteiger partial charge in [-0.05, 0) is 27.7 Å². The third-order valence-corrected chi connectivity index (χ3v) is 4.47. The normalized spacial score (nSPS) is 14.5. The van der Waals surface area contributed by atoms with Crippen molar-refractivity contribution in [2.45, 2.75) is 38.5 Å². The lowest BCUT2D eigenvalue weighted by Crippen LogP contribution is -2.51. The molecule has 0 aliphatic rings. The maximum absolute atomic E-state index is 11.6. The van der Waals surface area contributed by atoms with Crippen LogP contribution in [0.15, 0.2) is 0 Å². The van der Waals surface area contributed by atoms with E-state index in [2.05, 4.69) is 5.32 Å². The van der Waals surface area contributed by atoms with Crippen LogP contribution in [0.25, 0.3) is 0 Å². The summed E-state index contributed by atoms with van der Waals surface area (Å²) < 4.78 is 21.1.